The number of nitrogen functional groups attached to an aromatic ring is 1. The molecule has 0 bridgehead atoms. The van der Waals surface area contributed by atoms with Gasteiger partial charge in [-0.3, -0.25) is 9.36 Å². The Morgan fingerprint density at radius 1 is 1.22 bits per heavy atom. The maximum atomic E-state index is 11.9. The molecule has 0 atom stereocenters. The fourth-order valence-corrected chi connectivity index (χ4v) is 1.75. The van der Waals surface area contributed by atoms with Gasteiger partial charge in [-0.15, -0.1) is 0 Å². The highest BCUT2D eigenvalue weighted by molar-refractivity contribution is 5.47. The minimum absolute atomic E-state index is 0.303. The fourth-order valence-electron chi connectivity index (χ4n) is 1.75. The third-order valence-electron chi connectivity index (χ3n) is 2.80. The monoisotopic (exact) mass is 246 g/mol. The molecule has 0 spiro atoms. The van der Waals surface area contributed by atoms with Crippen LogP contribution < -0.4 is 17.0 Å². The van der Waals surface area contributed by atoms with Gasteiger partial charge in [-0.05, 0) is 11.6 Å². The Hall–Kier alpha value is -2.37. The zero-order valence-electron chi connectivity index (χ0n) is 10.3. The van der Waals surface area contributed by atoms with E-state index in [1.807, 2.05) is 18.2 Å². The molecule has 0 aliphatic carbocycles. The van der Waals surface area contributed by atoms with Crippen molar-refractivity contribution in [2.45, 2.75) is 6.42 Å². The van der Waals surface area contributed by atoms with E-state index in [2.05, 4.69) is 5.10 Å². The molecule has 0 unspecified atom stereocenters. The van der Waals surface area contributed by atoms with Crippen LogP contribution in [0.25, 0.3) is 0 Å². The van der Waals surface area contributed by atoms with Crippen LogP contribution in [0.1, 0.15) is 11.3 Å². The lowest BCUT2D eigenvalue weighted by Gasteiger charge is -2.07. The molecule has 18 heavy (non-hydrogen) atoms. The normalized spacial score (nSPS) is 10.6. The first kappa shape index (κ1) is 12.1. The molecule has 0 fully saturated rings. The number of rotatable bonds is 2. The van der Waals surface area contributed by atoms with Gasteiger partial charge in [0.05, 0.1) is 0 Å². The number of aryl methyl sites for hydroxylation is 1. The smallest absolute Gasteiger partial charge is 0.346 e. The van der Waals surface area contributed by atoms with Gasteiger partial charge in [0.15, 0.2) is 0 Å². The molecule has 1 aromatic carbocycles. The molecule has 0 amide bonds. The molecule has 6 heteroatoms. The van der Waals surface area contributed by atoms with Gasteiger partial charge >= 0.3 is 5.69 Å². The van der Waals surface area contributed by atoms with Crippen LogP contribution in [0.3, 0.4) is 0 Å². The number of benzene rings is 1. The second-order valence-corrected chi connectivity index (χ2v) is 4.09. The number of aromatic nitrogens is 3. The van der Waals surface area contributed by atoms with Gasteiger partial charge in [-0.1, -0.05) is 18.2 Å². The van der Waals surface area contributed by atoms with Crippen molar-refractivity contribution >= 4 is 5.69 Å². The summed E-state index contributed by atoms with van der Waals surface area (Å²) in [5.41, 5.74) is 6.72. The number of nitrogens with two attached hydrogens (primary N) is 1. The van der Waals surface area contributed by atoms with Gasteiger partial charge in [0.2, 0.25) is 0 Å². The van der Waals surface area contributed by atoms with Crippen molar-refractivity contribution in [2.24, 2.45) is 14.1 Å². The van der Waals surface area contributed by atoms with Gasteiger partial charge in [0.1, 0.15) is 5.69 Å². The van der Waals surface area contributed by atoms with Crippen molar-refractivity contribution in [2.75, 3.05) is 5.73 Å². The van der Waals surface area contributed by atoms with Crippen LogP contribution in [0.4, 0.5) is 5.69 Å². The molecular formula is C12H14N4O2. The van der Waals surface area contributed by atoms with Crippen LogP contribution in [0, 0.1) is 0 Å². The average Bonchev–Trinajstić information content (AvgIpc) is 2.36. The summed E-state index contributed by atoms with van der Waals surface area (Å²) < 4.78 is 2.19. The summed E-state index contributed by atoms with van der Waals surface area (Å²) >= 11 is 0. The molecule has 0 saturated carbocycles. The Bertz CT molecular complexity index is 700. The van der Waals surface area contributed by atoms with Gasteiger partial charge in [0.25, 0.3) is 5.56 Å². The van der Waals surface area contributed by atoms with Crippen LogP contribution in [-0.2, 0) is 20.5 Å². The minimum Gasteiger partial charge on any atom is -0.398 e. The molecule has 0 radical (unpaired) electrons. The maximum absolute atomic E-state index is 11.9. The van der Waals surface area contributed by atoms with E-state index in [-0.39, 0.29) is 5.56 Å². The summed E-state index contributed by atoms with van der Waals surface area (Å²) in [6.45, 7) is 0. The standard InChI is InChI=1S/C12H14N4O2/c1-15-11(17)10(14-16(2)12(15)18)7-8-5-3-4-6-9(8)13/h3-6H,7,13H2,1-2H3. The first-order valence-electron chi connectivity index (χ1n) is 5.47. The van der Waals surface area contributed by atoms with Crippen molar-refractivity contribution in [1.29, 1.82) is 0 Å². The molecule has 94 valence electrons. The number of para-hydroxylation sites is 1. The Balaban J connectivity index is 2.52. The summed E-state index contributed by atoms with van der Waals surface area (Å²) in [4.78, 5) is 23.4. The van der Waals surface area contributed by atoms with Crippen LogP contribution >= 0.6 is 0 Å². The highest BCUT2D eigenvalue weighted by Crippen LogP contribution is 2.12. The van der Waals surface area contributed by atoms with Crippen molar-refractivity contribution in [1.82, 2.24) is 14.3 Å². The Kier molecular flexibility index (Phi) is 3.01. The van der Waals surface area contributed by atoms with Crippen LogP contribution in [0.15, 0.2) is 33.9 Å². The highest BCUT2D eigenvalue weighted by atomic mass is 16.2. The molecule has 1 heterocycles. The lowest BCUT2D eigenvalue weighted by atomic mass is 10.1. The molecule has 2 N–H and O–H groups in total. The number of hydrogen-bond donors (Lipinski definition) is 1. The van der Waals surface area contributed by atoms with E-state index in [0.29, 0.717) is 17.8 Å². The van der Waals surface area contributed by atoms with Gasteiger partial charge in [-0.2, -0.15) is 5.10 Å². The van der Waals surface area contributed by atoms with Crippen LogP contribution in [-0.4, -0.2) is 14.3 Å². The third-order valence-corrected chi connectivity index (χ3v) is 2.80. The maximum Gasteiger partial charge on any atom is 0.346 e. The van der Waals surface area contributed by atoms with E-state index >= 15 is 0 Å². The van der Waals surface area contributed by atoms with Crippen molar-refractivity contribution in [3.05, 3.63) is 56.4 Å². The third kappa shape index (κ3) is 2.04. The molecule has 0 aliphatic heterocycles. The predicted molar refractivity (Wildman–Crippen MR) is 68.4 cm³/mol. The lowest BCUT2D eigenvalue weighted by Crippen LogP contribution is -2.40. The van der Waals surface area contributed by atoms with E-state index in [1.54, 1.807) is 6.07 Å². The largest absolute Gasteiger partial charge is 0.398 e. The van der Waals surface area contributed by atoms with Crippen molar-refractivity contribution in [3.8, 4) is 0 Å². The van der Waals surface area contributed by atoms with Crippen LogP contribution in [0.5, 0.6) is 0 Å². The van der Waals surface area contributed by atoms with E-state index in [0.717, 1.165) is 14.8 Å². The Morgan fingerprint density at radius 3 is 2.56 bits per heavy atom. The number of hydrogen-bond acceptors (Lipinski definition) is 4. The molecular weight excluding hydrogens is 232 g/mol. The van der Waals surface area contributed by atoms with Gasteiger partial charge in [-0.25, -0.2) is 9.48 Å². The molecule has 1 aromatic heterocycles. The summed E-state index contributed by atoms with van der Waals surface area (Å²) in [6.07, 6.45) is 0.313. The highest BCUT2D eigenvalue weighted by Gasteiger charge is 2.10. The zero-order valence-corrected chi connectivity index (χ0v) is 10.3. The second kappa shape index (κ2) is 4.48. The molecule has 6 nitrogen and oxygen atoms in total. The van der Waals surface area contributed by atoms with Crippen molar-refractivity contribution < 1.29 is 0 Å². The summed E-state index contributed by atoms with van der Waals surface area (Å²) in [6, 6.07) is 7.27. The topological polar surface area (TPSA) is 82.9 Å². The van der Waals surface area contributed by atoms with Gasteiger partial charge < -0.3 is 5.73 Å². The fraction of sp³-hybridized carbons (Fsp3) is 0.250. The number of anilines is 1. The predicted octanol–water partition coefficient (Wildman–Crippen LogP) is -0.348. The van der Waals surface area contributed by atoms with Crippen molar-refractivity contribution in [3.63, 3.8) is 0 Å². The summed E-state index contributed by atoms with van der Waals surface area (Å²) in [7, 11) is 2.95. The quantitative estimate of drug-likeness (QED) is 0.734. The van der Waals surface area contributed by atoms with Crippen LogP contribution in [0.2, 0.25) is 0 Å². The average molecular weight is 246 g/mol. The molecule has 0 aliphatic rings. The Labute approximate surface area is 103 Å². The van der Waals surface area contributed by atoms with E-state index in [9.17, 15) is 9.59 Å². The zero-order chi connectivity index (χ0) is 13.3. The molecule has 2 rings (SSSR count). The lowest BCUT2D eigenvalue weighted by molar-refractivity contribution is 0.581. The first-order chi connectivity index (χ1) is 8.50. The van der Waals surface area contributed by atoms with E-state index in [1.165, 1.54) is 14.1 Å². The summed E-state index contributed by atoms with van der Waals surface area (Å²) in [5, 5.41) is 3.98. The number of nitrogens with zero attached hydrogens (tertiary/aromatic N) is 3. The second-order valence-electron chi connectivity index (χ2n) is 4.09. The molecule has 2 aromatic rings. The minimum atomic E-state index is -0.440. The summed E-state index contributed by atoms with van der Waals surface area (Å²) in [5.74, 6) is 0. The van der Waals surface area contributed by atoms with E-state index in [4.69, 9.17) is 5.73 Å². The van der Waals surface area contributed by atoms with E-state index < -0.39 is 5.69 Å². The first-order valence-corrected chi connectivity index (χ1v) is 5.47. The SMILES string of the molecule is Cn1nc(Cc2ccccc2N)c(=O)n(C)c1=O. The Morgan fingerprint density at radius 2 is 1.89 bits per heavy atom. The molecule has 0 saturated heterocycles. The van der Waals surface area contributed by atoms with Gasteiger partial charge in [0, 0.05) is 26.2 Å².